The number of aliphatic hydroxyl groups excluding tert-OH is 1. The van der Waals surface area contributed by atoms with Gasteiger partial charge in [-0.15, -0.1) is 0 Å². The molecule has 0 spiro atoms. The van der Waals surface area contributed by atoms with Crippen molar-refractivity contribution < 1.29 is 9.90 Å². The first kappa shape index (κ1) is 14.8. The third kappa shape index (κ3) is 4.48. The molecule has 0 unspecified atom stereocenters. The first-order chi connectivity index (χ1) is 9.24. The van der Waals surface area contributed by atoms with E-state index in [2.05, 4.69) is 5.32 Å². The van der Waals surface area contributed by atoms with Crippen molar-refractivity contribution in [3.8, 4) is 0 Å². The molecule has 2 saturated carbocycles. The van der Waals surface area contributed by atoms with Crippen LogP contribution in [-0.4, -0.2) is 23.2 Å². The van der Waals surface area contributed by atoms with E-state index in [-0.39, 0.29) is 18.1 Å². The van der Waals surface area contributed by atoms with E-state index in [1.54, 1.807) is 0 Å². The highest BCUT2D eigenvalue weighted by atomic mass is 16.3. The Morgan fingerprint density at radius 3 is 2.32 bits per heavy atom. The molecule has 0 aromatic carbocycles. The van der Waals surface area contributed by atoms with Crippen molar-refractivity contribution in [3.63, 3.8) is 0 Å². The molecule has 0 aromatic rings. The molecular formula is C16H29NO2. The lowest BCUT2D eigenvalue weighted by Crippen LogP contribution is -2.52. The second-order valence-corrected chi connectivity index (χ2v) is 6.59. The molecule has 19 heavy (non-hydrogen) atoms. The predicted octanol–water partition coefficient (Wildman–Crippen LogP) is 3.16. The van der Waals surface area contributed by atoms with Crippen molar-refractivity contribution in [3.05, 3.63) is 0 Å². The molecule has 2 N–H and O–H groups in total. The van der Waals surface area contributed by atoms with Gasteiger partial charge in [-0.05, 0) is 25.2 Å². The van der Waals surface area contributed by atoms with Crippen LogP contribution in [0.1, 0.15) is 77.0 Å². The van der Waals surface area contributed by atoms with Gasteiger partial charge in [-0.3, -0.25) is 4.79 Å². The summed E-state index contributed by atoms with van der Waals surface area (Å²) >= 11 is 0. The van der Waals surface area contributed by atoms with Crippen molar-refractivity contribution in [2.75, 3.05) is 6.61 Å². The first-order valence-corrected chi connectivity index (χ1v) is 8.16. The van der Waals surface area contributed by atoms with E-state index in [9.17, 15) is 9.90 Å². The van der Waals surface area contributed by atoms with E-state index in [1.165, 1.54) is 38.5 Å². The van der Waals surface area contributed by atoms with E-state index >= 15 is 0 Å². The molecule has 0 radical (unpaired) electrons. The number of carbonyl (C=O) groups excluding carboxylic acids is 1. The maximum Gasteiger partial charge on any atom is 0.220 e. The number of hydrogen-bond donors (Lipinski definition) is 2. The Labute approximate surface area is 117 Å². The fourth-order valence-corrected chi connectivity index (χ4v) is 3.72. The Bertz CT molecular complexity index is 278. The van der Waals surface area contributed by atoms with E-state index in [0.29, 0.717) is 6.42 Å². The summed E-state index contributed by atoms with van der Waals surface area (Å²) in [5, 5.41) is 12.7. The SMILES string of the molecule is O=C(CCC1CCCCC1)NC1(CO)CCCCC1. The van der Waals surface area contributed by atoms with Gasteiger partial charge in [0.25, 0.3) is 0 Å². The fraction of sp³-hybridized carbons (Fsp3) is 0.938. The number of nitrogens with one attached hydrogen (secondary N) is 1. The van der Waals surface area contributed by atoms with Crippen LogP contribution in [0.3, 0.4) is 0 Å². The van der Waals surface area contributed by atoms with Crippen LogP contribution in [0, 0.1) is 5.92 Å². The van der Waals surface area contributed by atoms with E-state index in [1.807, 2.05) is 0 Å². The molecule has 0 saturated heterocycles. The van der Waals surface area contributed by atoms with Gasteiger partial charge >= 0.3 is 0 Å². The summed E-state index contributed by atoms with van der Waals surface area (Å²) in [6.45, 7) is 0.0994. The molecule has 0 atom stereocenters. The van der Waals surface area contributed by atoms with Gasteiger partial charge in [0, 0.05) is 6.42 Å². The van der Waals surface area contributed by atoms with Gasteiger partial charge in [-0.2, -0.15) is 0 Å². The lowest BCUT2D eigenvalue weighted by Gasteiger charge is -2.36. The minimum absolute atomic E-state index is 0.0994. The summed E-state index contributed by atoms with van der Waals surface area (Å²) in [5.74, 6) is 0.914. The van der Waals surface area contributed by atoms with Crippen molar-refractivity contribution in [1.29, 1.82) is 0 Å². The molecule has 0 aromatic heterocycles. The van der Waals surface area contributed by atoms with Crippen LogP contribution in [0.5, 0.6) is 0 Å². The number of carbonyl (C=O) groups is 1. The van der Waals surface area contributed by atoms with Crippen LogP contribution in [0.2, 0.25) is 0 Å². The molecule has 2 aliphatic rings. The average Bonchev–Trinajstić information content (AvgIpc) is 2.47. The largest absolute Gasteiger partial charge is 0.394 e. The van der Waals surface area contributed by atoms with Gasteiger partial charge in [0.2, 0.25) is 5.91 Å². The third-order valence-electron chi connectivity index (χ3n) is 5.02. The monoisotopic (exact) mass is 267 g/mol. The van der Waals surface area contributed by atoms with Crippen LogP contribution in [0.25, 0.3) is 0 Å². The molecule has 3 heteroatoms. The van der Waals surface area contributed by atoms with Crippen molar-refractivity contribution >= 4 is 5.91 Å². The Kier molecular flexibility index (Phi) is 5.68. The second-order valence-electron chi connectivity index (χ2n) is 6.59. The highest BCUT2D eigenvalue weighted by Crippen LogP contribution is 2.29. The molecule has 1 amide bonds. The van der Waals surface area contributed by atoms with Crippen molar-refractivity contribution in [2.24, 2.45) is 5.92 Å². The van der Waals surface area contributed by atoms with Gasteiger partial charge in [-0.25, -0.2) is 0 Å². The second kappa shape index (κ2) is 7.28. The first-order valence-electron chi connectivity index (χ1n) is 8.16. The minimum atomic E-state index is -0.304. The van der Waals surface area contributed by atoms with Crippen LogP contribution < -0.4 is 5.32 Å². The zero-order valence-electron chi connectivity index (χ0n) is 12.1. The summed E-state index contributed by atoms with van der Waals surface area (Å²) in [4.78, 5) is 12.1. The van der Waals surface area contributed by atoms with Crippen LogP contribution >= 0.6 is 0 Å². The summed E-state index contributed by atoms with van der Waals surface area (Å²) < 4.78 is 0. The highest BCUT2D eigenvalue weighted by Gasteiger charge is 2.32. The predicted molar refractivity (Wildman–Crippen MR) is 76.9 cm³/mol. The topological polar surface area (TPSA) is 49.3 Å². The molecule has 2 fully saturated rings. The van der Waals surface area contributed by atoms with Gasteiger partial charge in [0.05, 0.1) is 12.1 Å². The van der Waals surface area contributed by atoms with Gasteiger partial charge in [-0.1, -0.05) is 51.4 Å². The molecule has 0 aliphatic heterocycles. The van der Waals surface area contributed by atoms with Crippen LogP contribution in [0.15, 0.2) is 0 Å². The minimum Gasteiger partial charge on any atom is -0.394 e. The lowest BCUT2D eigenvalue weighted by atomic mass is 9.82. The summed E-state index contributed by atoms with van der Waals surface area (Å²) in [6.07, 6.45) is 13.7. The normalized spacial score (nSPS) is 24.1. The molecule has 0 heterocycles. The molecule has 2 rings (SSSR count). The quantitative estimate of drug-likeness (QED) is 0.804. The van der Waals surface area contributed by atoms with Crippen LogP contribution in [-0.2, 0) is 4.79 Å². The van der Waals surface area contributed by atoms with E-state index in [4.69, 9.17) is 0 Å². The zero-order chi connectivity index (χ0) is 13.6. The van der Waals surface area contributed by atoms with Gasteiger partial charge in [0.15, 0.2) is 0 Å². The molecule has 3 nitrogen and oxygen atoms in total. The van der Waals surface area contributed by atoms with Crippen LogP contribution in [0.4, 0.5) is 0 Å². The summed E-state index contributed by atoms with van der Waals surface area (Å²) in [6, 6.07) is 0. The third-order valence-corrected chi connectivity index (χ3v) is 5.02. The number of amides is 1. The molecule has 0 bridgehead atoms. The zero-order valence-corrected chi connectivity index (χ0v) is 12.1. The van der Waals surface area contributed by atoms with E-state index < -0.39 is 0 Å². The maximum atomic E-state index is 12.1. The lowest BCUT2D eigenvalue weighted by molar-refractivity contribution is -0.124. The smallest absolute Gasteiger partial charge is 0.220 e. The van der Waals surface area contributed by atoms with Crippen molar-refractivity contribution in [2.45, 2.75) is 82.6 Å². The summed E-state index contributed by atoms with van der Waals surface area (Å²) in [7, 11) is 0. The Hall–Kier alpha value is -0.570. The average molecular weight is 267 g/mol. The summed E-state index contributed by atoms with van der Waals surface area (Å²) in [5.41, 5.74) is -0.304. The molecular weight excluding hydrogens is 238 g/mol. The standard InChI is InChI=1S/C16H29NO2/c18-13-16(11-5-2-6-12-16)17-15(19)10-9-14-7-3-1-4-8-14/h14,18H,1-13H2,(H,17,19). The Morgan fingerprint density at radius 2 is 1.68 bits per heavy atom. The number of rotatable bonds is 5. The van der Waals surface area contributed by atoms with Gasteiger partial charge in [0.1, 0.15) is 0 Å². The molecule has 2 aliphatic carbocycles. The fourth-order valence-electron chi connectivity index (χ4n) is 3.72. The van der Waals surface area contributed by atoms with Crippen molar-refractivity contribution in [1.82, 2.24) is 5.32 Å². The van der Waals surface area contributed by atoms with Gasteiger partial charge < -0.3 is 10.4 Å². The Balaban J connectivity index is 1.72. The highest BCUT2D eigenvalue weighted by molar-refractivity contribution is 5.76. The molecule has 110 valence electrons. The number of aliphatic hydroxyl groups is 1. The maximum absolute atomic E-state index is 12.1. The number of hydrogen-bond acceptors (Lipinski definition) is 2. The van der Waals surface area contributed by atoms with E-state index in [0.717, 1.165) is 38.0 Å². The Morgan fingerprint density at radius 1 is 1.05 bits per heavy atom.